The van der Waals surface area contributed by atoms with E-state index >= 15 is 0 Å². The molecule has 0 bridgehead atoms. The van der Waals surface area contributed by atoms with Crippen molar-refractivity contribution in [2.75, 3.05) is 19.0 Å². The topological polar surface area (TPSA) is 32.9 Å². The second-order valence-electron chi connectivity index (χ2n) is 4.34. The molecule has 0 aliphatic rings. The average Bonchev–Trinajstić information content (AvgIpc) is 2.38. The average molecular weight is 241 g/mol. The summed E-state index contributed by atoms with van der Waals surface area (Å²) in [4.78, 5) is 10.4. The smallest absolute Gasteiger partial charge is 0.224 e. The van der Waals surface area contributed by atoms with E-state index in [4.69, 9.17) is 0 Å². The van der Waals surface area contributed by atoms with Crippen LogP contribution in [0.3, 0.4) is 0 Å². The molecule has 0 unspecified atom stereocenters. The van der Waals surface area contributed by atoms with Crippen molar-refractivity contribution in [3.8, 4) is 0 Å². The van der Waals surface area contributed by atoms with E-state index in [0.717, 1.165) is 17.1 Å². The van der Waals surface area contributed by atoms with Crippen molar-refractivity contribution >= 4 is 18.1 Å². The number of aromatic nitrogens is 3. The molecule has 92 valence electrons. The summed E-state index contributed by atoms with van der Waals surface area (Å²) in [6, 6.07) is 4.12. The van der Waals surface area contributed by atoms with Gasteiger partial charge in [0.2, 0.25) is 5.95 Å². The van der Waals surface area contributed by atoms with Crippen LogP contribution in [0, 0.1) is 0 Å². The third kappa shape index (κ3) is 3.13. The van der Waals surface area contributed by atoms with Crippen LogP contribution >= 0.6 is 0 Å². The number of aryl methyl sites for hydroxylation is 1. The van der Waals surface area contributed by atoms with E-state index in [2.05, 4.69) is 22.1 Å². The summed E-state index contributed by atoms with van der Waals surface area (Å²) < 4.78 is 2.01. The SMILES string of the molecule is CN(C)c1ncc(/C=C/c2cc[n+](C)cc2)cn1. The number of anilines is 1. The Morgan fingerprint density at radius 1 is 1.00 bits per heavy atom. The molecule has 0 N–H and O–H groups in total. The van der Waals surface area contributed by atoms with Crippen LogP contribution in [0.4, 0.5) is 5.95 Å². The highest BCUT2D eigenvalue weighted by atomic mass is 15.2. The first kappa shape index (κ1) is 12.2. The lowest BCUT2D eigenvalue weighted by atomic mass is 10.2. The Labute approximate surface area is 107 Å². The molecule has 0 saturated heterocycles. The lowest BCUT2D eigenvalue weighted by molar-refractivity contribution is -0.671. The van der Waals surface area contributed by atoms with E-state index in [0.29, 0.717) is 0 Å². The molecule has 0 aliphatic carbocycles. The summed E-state index contributed by atoms with van der Waals surface area (Å²) in [5, 5.41) is 0. The van der Waals surface area contributed by atoms with E-state index in [1.165, 1.54) is 0 Å². The fourth-order valence-electron chi connectivity index (χ4n) is 1.46. The zero-order chi connectivity index (χ0) is 13.0. The molecule has 4 heteroatoms. The van der Waals surface area contributed by atoms with E-state index < -0.39 is 0 Å². The molecule has 0 radical (unpaired) electrons. The van der Waals surface area contributed by atoms with Crippen molar-refractivity contribution in [1.82, 2.24) is 9.97 Å². The van der Waals surface area contributed by atoms with Gasteiger partial charge >= 0.3 is 0 Å². The van der Waals surface area contributed by atoms with Crippen molar-refractivity contribution in [2.45, 2.75) is 0 Å². The standard InChI is InChI=1S/C14H17N4/c1-17(2)14-15-10-13(11-16-14)5-4-12-6-8-18(3)9-7-12/h4-11H,1-3H3/q+1. The van der Waals surface area contributed by atoms with Gasteiger partial charge in [0.15, 0.2) is 12.4 Å². The summed E-state index contributed by atoms with van der Waals surface area (Å²) in [6.45, 7) is 0. The van der Waals surface area contributed by atoms with Crippen molar-refractivity contribution < 1.29 is 4.57 Å². The summed E-state index contributed by atoms with van der Waals surface area (Å²) >= 11 is 0. The number of hydrogen-bond donors (Lipinski definition) is 0. The monoisotopic (exact) mass is 241 g/mol. The van der Waals surface area contributed by atoms with Crippen LogP contribution in [0.5, 0.6) is 0 Å². The zero-order valence-corrected chi connectivity index (χ0v) is 10.9. The predicted octanol–water partition coefficient (Wildman–Crippen LogP) is 1.54. The second kappa shape index (κ2) is 5.40. The van der Waals surface area contributed by atoms with Gasteiger partial charge in [0, 0.05) is 44.2 Å². The molecule has 2 heterocycles. The molecule has 4 nitrogen and oxygen atoms in total. The van der Waals surface area contributed by atoms with Crippen LogP contribution in [0.1, 0.15) is 11.1 Å². The number of hydrogen-bond acceptors (Lipinski definition) is 3. The number of pyridine rings is 1. The Hall–Kier alpha value is -2.23. The van der Waals surface area contributed by atoms with Crippen LogP contribution in [0.2, 0.25) is 0 Å². The molecule has 2 aromatic rings. The number of nitrogens with zero attached hydrogens (tertiary/aromatic N) is 4. The van der Waals surface area contributed by atoms with Gasteiger partial charge in [0.25, 0.3) is 0 Å². The second-order valence-corrected chi connectivity index (χ2v) is 4.34. The third-order valence-corrected chi connectivity index (χ3v) is 2.53. The fraction of sp³-hybridized carbons (Fsp3) is 0.214. The molecule has 0 atom stereocenters. The lowest BCUT2D eigenvalue weighted by Crippen LogP contribution is -2.25. The summed E-state index contributed by atoms with van der Waals surface area (Å²) in [5.41, 5.74) is 2.15. The first-order chi connectivity index (χ1) is 8.65. The fourth-order valence-corrected chi connectivity index (χ4v) is 1.46. The molecule has 0 amide bonds. The van der Waals surface area contributed by atoms with Crippen LogP contribution < -0.4 is 9.47 Å². The molecule has 18 heavy (non-hydrogen) atoms. The molecule has 0 aromatic carbocycles. The van der Waals surface area contributed by atoms with Crippen molar-refractivity contribution in [1.29, 1.82) is 0 Å². The normalized spacial score (nSPS) is 10.8. The van der Waals surface area contributed by atoms with Crippen LogP contribution in [0.25, 0.3) is 12.2 Å². The Morgan fingerprint density at radius 2 is 1.56 bits per heavy atom. The largest absolute Gasteiger partial charge is 0.347 e. The molecule has 0 aliphatic heterocycles. The maximum absolute atomic E-state index is 4.26. The van der Waals surface area contributed by atoms with Gasteiger partial charge in [-0.1, -0.05) is 12.2 Å². The van der Waals surface area contributed by atoms with Gasteiger partial charge in [0.1, 0.15) is 7.05 Å². The van der Waals surface area contributed by atoms with E-state index in [1.807, 2.05) is 67.5 Å². The zero-order valence-electron chi connectivity index (χ0n) is 10.9. The van der Waals surface area contributed by atoms with Gasteiger partial charge in [-0.25, -0.2) is 14.5 Å². The number of rotatable bonds is 3. The molecule has 0 fully saturated rings. The quantitative estimate of drug-likeness (QED) is 0.764. The predicted molar refractivity (Wildman–Crippen MR) is 72.9 cm³/mol. The van der Waals surface area contributed by atoms with Crippen molar-refractivity contribution in [3.63, 3.8) is 0 Å². The van der Waals surface area contributed by atoms with E-state index in [1.54, 1.807) is 0 Å². The molecular formula is C14H17N4+. The highest BCUT2D eigenvalue weighted by Gasteiger charge is 1.97. The Balaban J connectivity index is 2.11. The summed E-state index contributed by atoms with van der Waals surface area (Å²) in [6.07, 6.45) is 11.7. The van der Waals surface area contributed by atoms with E-state index in [9.17, 15) is 0 Å². The van der Waals surface area contributed by atoms with Crippen LogP contribution in [0.15, 0.2) is 36.9 Å². The minimum absolute atomic E-state index is 0.721. The third-order valence-electron chi connectivity index (χ3n) is 2.53. The molecule has 0 spiro atoms. The van der Waals surface area contributed by atoms with Crippen LogP contribution in [-0.2, 0) is 7.05 Å². The van der Waals surface area contributed by atoms with Crippen molar-refractivity contribution in [2.24, 2.45) is 7.05 Å². The Kier molecular flexibility index (Phi) is 3.67. The van der Waals surface area contributed by atoms with E-state index in [-0.39, 0.29) is 0 Å². The van der Waals surface area contributed by atoms with Gasteiger partial charge < -0.3 is 4.90 Å². The van der Waals surface area contributed by atoms with Gasteiger partial charge in [-0.05, 0) is 5.56 Å². The maximum Gasteiger partial charge on any atom is 0.224 e. The van der Waals surface area contributed by atoms with Gasteiger partial charge in [-0.3, -0.25) is 0 Å². The van der Waals surface area contributed by atoms with Crippen LogP contribution in [-0.4, -0.2) is 24.1 Å². The molecule has 2 aromatic heterocycles. The minimum atomic E-state index is 0.721. The molecule has 2 rings (SSSR count). The minimum Gasteiger partial charge on any atom is -0.347 e. The van der Waals surface area contributed by atoms with Gasteiger partial charge in [0.05, 0.1) is 0 Å². The first-order valence-electron chi connectivity index (χ1n) is 5.78. The molecular weight excluding hydrogens is 224 g/mol. The first-order valence-corrected chi connectivity index (χ1v) is 5.78. The highest BCUT2D eigenvalue weighted by Crippen LogP contribution is 2.07. The summed E-state index contributed by atoms with van der Waals surface area (Å²) in [7, 11) is 5.85. The maximum atomic E-state index is 4.26. The Bertz CT molecular complexity index is 527. The molecule has 0 saturated carbocycles. The lowest BCUT2D eigenvalue weighted by Gasteiger charge is -2.08. The van der Waals surface area contributed by atoms with Gasteiger partial charge in [-0.2, -0.15) is 0 Å². The van der Waals surface area contributed by atoms with Crippen molar-refractivity contribution in [3.05, 3.63) is 48.0 Å². The Morgan fingerprint density at radius 3 is 2.11 bits per heavy atom. The highest BCUT2D eigenvalue weighted by molar-refractivity contribution is 5.68. The van der Waals surface area contributed by atoms with Gasteiger partial charge in [-0.15, -0.1) is 0 Å². The summed E-state index contributed by atoms with van der Waals surface area (Å²) in [5.74, 6) is 0.721.